The lowest BCUT2D eigenvalue weighted by Crippen LogP contribution is -2.05. The molecule has 0 aliphatic rings. The third-order valence-corrected chi connectivity index (χ3v) is 4.26. The number of allylic oxidation sites excluding steroid dienone is 4. The molecule has 0 aliphatic carbocycles. The molecular formula is C22H36N2O2. The van der Waals surface area contributed by atoms with Crippen molar-refractivity contribution in [2.45, 2.75) is 90.6 Å². The highest BCUT2D eigenvalue weighted by Crippen LogP contribution is 2.09. The molecule has 0 bridgehead atoms. The lowest BCUT2D eigenvalue weighted by Gasteiger charge is -2.03. The molecule has 0 radical (unpaired) electrons. The van der Waals surface area contributed by atoms with E-state index in [0.717, 1.165) is 25.7 Å². The van der Waals surface area contributed by atoms with Crippen molar-refractivity contribution in [2.24, 2.45) is 0 Å². The number of carbonyl (C=O) groups is 1. The highest BCUT2D eigenvalue weighted by molar-refractivity contribution is 5.69. The van der Waals surface area contributed by atoms with Crippen LogP contribution in [0.2, 0.25) is 0 Å². The minimum atomic E-state index is -0.132. The van der Waals surface area contributed by atoms with Gasteiger partial charge < -0.3 is 9.72 Å². The molecule has 0 aliphatic heterocycles. The van der Waals surface area contributed by atoms with Crippen LogP contribution < -0.4 is 0 Å². The molecule has 0 spiro atoms. The number of hydrogen-bond donors (Lipinski definition) is 1. The van der Waals surface area contributed by atoms with Gasteiger partial charge in [0.1, 0.15) is 12.4 Å². The number of hydrogen-bond acceptors (Lipinski definition) is 3. The number of nitrogens with zero attached hydrogens (tertiary/aromatic N) is 1. The van der Waals surface area contributed by atoms with Crippen molar-refractivity contribution in [3.63, 3.8) is 0 Å². The van der Waals surface area contributed by atoms with Gasteiger partial charge in [0, 0.05) is 18.8 Å². The van der Waals surface area contributed by atoms with Crippen LogP contribution in [0.1, 0.15) is 89.8 Å². The largest absolute Gasteiger partial charge is 0.458 e. The van der Waals surface area contributed by atoms with Gasteiger partial charge in [-0.1, -0.05) is 63.3 Å². The summed E-state index contributed by atoms with van der Waals surface area (Å²) >= 11 is 0. The number of aromatic amines is 1. The fourth-order valence-electron chi connectivity index (χ4n) is 2.68. The van der Waals surface area contributed by atoms with Gasteiger partial charge in [-0.2, -0.15) is 0 Å². The monoisotopic (exact) mass is 360 g/mol. The van der Waals surface area contributed by atoms with Crippen LogP contribution >= 0.6 is 0 Å². The summed E-state index contributed by atoms with van der Waals surface area (Å²) in [4.78, 5) is 18.5. The van der Waals surface area contributed by atoms with Crippen molar-refractivity contribution in [3.05, 3.63) is 42.5 Å². The van der Waals surface area contributed by atoms with E-state index in [0.29, 0.717) is 12.2 Å². The number of aromatic nitrogens is 2. The first kappa shape index (κ1) is 22.2. The first-order valence-corrected chi connectivity index (χ1v) is 10.3. The Morgan fingerprint density at radius 2 is 1.69 bits per heavy atom. The number of rotatable bonds is 16. The summed E-state index contributed by atoms with van der Waals surface area (Å²) < 4.78 is 5.16. The van der Waals surface area contributed by atoms with E-state index in [1.54, 1.807) is 12.4 Å². The molecule has 0 atom stereocenters. The van der Waals surface area contributed by atoms with Gasteiger partial charge >= 0.3 is 5.97 Å². The van der Waals surface area contributed by atoms with Gasteiger partial charge in [0.05, 0.1) is 0 Å². The molecule has 0 amide bonds. The van der Waals surface area contributed by atoms with Crippen LogP contribution in [-0.4, -0.2) is 15.9 Å². The lowest BCUT2D eigenvalue weighted by molar-refractivity contribution is -0.145. The third-order valence-electron chi connectivity index (χ3n) is 4.26. The Balaban J connectivity index is 1.82. The van der Waals surface area contributed by atoms with Crippen molar-refractivity contribution in [3.8, 4) is 0 Å². The van der Waals surface area contributed by atoms with E-state index in [1.165, 1.54) is 44.9 Å². The molecule has 1 rings (SSSR count). The van der Waals surface area contributed by atoms with Crippen LogP contribution in [0.3, 0.4) is 0 Å². The molecule has 4 nitrogen and oxygen atoms in total. The van der Waals surface area contributed by atoms with Gasteiger partial charge in [0.2, 0.25) is 0 Å². The van der Waals surface area contributed by atoms with Gasteiger partial charge in [-0.05, 0) is 38.5 Å². The predicted octanol–water partition coefficient (Wildman–Crippen LogP) is 6.27. The van der Waals surface area contributed by atoms with Crippen LogP contribution in [0.25, 0.3) is 0 Å². The maximum atomic E-state index is 11.6. The van der Waals surface area contributed by atoms with Gasteiger partial charge in [0.15, 0.2) is 0 Å². The normalized spacial score (nSPS) is 11.6. The van der Waals surface area contributed by atoms with Crippen LogP contribution in [0, 0.1) is 0 Å². The Labute approximate surface area is 159 Å². The number of H-pyrrole nitrogens is 1. The van der Waals surface area contributed by atoms with E-state index in [2.05, 4.69) is 41.2 Å². The molecule has 1 aromatic heterocycles. The lowest BCUT2D eigenvalue weighted by atomic mass is 10.1. The van der Waals surface area contributed by atoms with Crippen molar-refractivity contribution in [2.75, 3.05) is 0 Å². The summed E-state index contributed by atoms with van der Waals surface area (Å²) in [5.41, 5.74) is 0. The van der Waals surface area contributed by atoms with E-state index in [1.807, 2.05) is 0 Å². The van der Waals surface area contributed by atoms with Crippen LogP contribution in [0.4, 0.5) is 0 Å². The number of nitrogens with one attached hydrogen (secondary N) is 1. The van der Waals surface area contributed by atoms with Gasteiger partial charge in [-0.3, -0.25) is 4.79 Å². The minimum Gasteiger partial charge on any atom is -0.458 e. The smallest absolute Gasteiger partial charge is 0.306 e. The van der Waals surface area contributed by atoms with Crippen molar-refractivity contribution >= 4 is 5.97 Å². The Morgan fingerprint density at radius 3 is 2.38 bits per heavy atom. The number of esters is 1. The van der Waals surface area contributed by atoms with Gasteiger partial charge in [0.25, 0.3) is 0 Å². The highest BCUT2D eigenvalue weighted by Gasteiger charge is 2.04. The van der Waals surface area contributed by atoms with Crippen LogP contribution in [-0.2, 0) is 16.1 Å². The second-order valence-corrected chi connectivity index (χ2v) is 6.68. The van der Waals surface area contributed by atoms with Gasteiger partial charge in [-0.15, -0.1) is 0 Å². The average molecular weight is 361 g/mol. The second-order valence-electron chi connectivity index (χ2n) is 6.68. The maximum Gasteiger partial charge on any atom is 0.306 e. The van der Waals surface area contributed by atoms with E-state index < -0.39 is 0 Å². The Kier molecular flexibility index (Phi) is 14.2. The molecule has 4 heteroatoms. The van der Waals surface area contributed by atoms with E-state index in [4.69, 9.17) is 4.74 Å². The zero-order valence-electron chi connectivity index (χ0n) is 16.4. The molecule has 0 saturated carbocycles. The summed E-state index contributed by atoms with van der Waals surface area (Å²) in [5.74, 6) is 0.561. The molecule has 0 unspecified atom stereocenters. The average Bonchev–Trinajstić information content (AvgIpc) is 3.17. The molecule has 0 fully saturated rings. The number of ether oxygens (including phenoxy) is 1. The summed E-state index contributed by atoms with van der Waals surface area (Å²) in [5, 5.41) is 0. The molecule has 26 heavy (non-hydrogen) atoms. The molecular weight excluding hydrogens is 324 g/mol. The van der Waals surface area contributed by atoms with Crippen molar-refractivity contribution in [1.29, 1.82) is 0 Å². The van der Waals surface area contributed by atoms with Crippen LogP contribution in [0.15, 0.2) is 36.7 Å². The summed E-state index contributed by atoms with van der Waals surface area (Å²) in [6.45, 7) is 2.48. The number of imidazole rings is 1. The standard InChI is InChI=1S/C22H36N2O2/c1-2-3-4-5-6-7-8-9-10-11-12-13-14-15-16-17-22(25)26-20-21-23-18-19-24-21/h6-7,9-10,18-19H,2-5,8,11-17,20H2,1H3,(H,23,24)/b7-6-,10-9-. The first-order chi connectivity index (χ1) is 12.8. The van der Waals surface area contributed by atoms with E-state index >= 15 is 0 Å². The fourth-order valence-corrected chi connectivity index (χ4v) is 2.68. The molecule has 1 aromatic rings. The summed E-state index contributed by atoms with van der Waals surface area (Å²) in [6.07, 6.45) is 26.1. The number of unbranched alkanes of at least 4 members (excludes halogenated alkanes) is 8. The summed E-state index contributed by atoms with van der Waals surface area (Å²) in [6, 6.07) is 0. The Morgan fingerprint density at radius 1 is 1.00 bits per heavy atom. The zero-order chi connectivity index (χ0) is 18.7. The van der Waals surface area contributed by atoms with E-state index in [9.17, 15) is 4.79 Å². The first-order valence-electron chi connectivity index (χ1n) is 10.3. The molecule has 0 saturated heterocycles. The second kappa shape index (κ2) is 16.6. The number of carbonyl (C=O) groups excluding carboxylic acids is 1. The summed E-state index contributed by atoms with van der Waals surface area (Å²) in [7, 11) is 0. The maximum absolute atomic E-state index is 11.6. The molecule has 0 aromatic carbocycles. The molecule has 1 N–H and O–H groups in total. The Bertz CT molecular complexity index is 492. The Hall–Kier alpha value is -1.84. The molecule has 146 valence electrons. The van der Waals surface area contributed by atoms with Crippen LogP contribution in [0.5, 0.6) is 0 Å². The SMILES string of the molecule is CCCCC/C=C\C/C=C\CCCCCCCC(=O)OCc1ncc[nH]1. The topological polar surface area (TPSA) is 55.0 Å². The highest BCUT2D eigenvalue weighted by atomic mass is 16.5. The predicted molar refractivity (Wildman–Crippen MR) is 108 cm³/mol. The third kappa shape index (κ3) is 13.5. The van der Waals surface area contributed by atoms with Crippen molar-refractivity contribution < 1.29 is 9.53 Å². The zero-order valence-corrected chi connectivity index (χ0v) is 16.4. The minimum absolute atomic E-state index is 0.132. The van der Waals surface area contributed by atoms with Crippen molar-refractivity contribution in [1.82, 2.24) is 9.97 Å². The fraction of sp³-hybridized carbons (Fsp3) is 0.636. The van der Waals surface area contributed by atoms with Gasteiger partial charge in [-0.25, -0.2) is 4.98 Å². The molecule has 1 heterocycles. The van der Waals surface area contributed by atoms with E-state index in [-0.39, 0.29) is 12.6 Å². The quantitative estimate of drug-likeness (QED) is 0.215.